The highest BCUT2D eigenvalue weighted by atomic mass is 79.9. The topological polar surface area (TPSA) is 29.1 Å². The monoisotopic (exact) mass is 277 g/mol. The van der Waals surface area contributed by atoms with Gasteiger partial charge in [-0.25, -0.2) is 0 Å². The van der Waals surface area contributed by atoms with Crippen LogP contribution < -0.4 is 5.32 Å². The maximum Gasteiger partial charge on any atom is 0.224 e. The molecule has 2 aromatic rings. The Labute approximate surface area is 103 Å². The van der Waals surface area contributed by atoms with Crippen molar-refractivity contribution in [3.05, 3.63) is 40.9 Å². The molecule has 0 saturated carbocycles. The molecule has 16 heavy (non-hydrogen) atoms. The third-order valence-corrected chi connectivity index (χ3v) is 3.31. The van der Waals surface area contributed by atoms with Crippen LogP contribution in [0.25, 0.3) is 10.8 Å². The summed E-state index contributed by atoms with van der Waals surface area (Å²) in [5.41, 5.74) is 0.825. The van der Waals surface area contributed by atoms with E-state index in [0.29, 0.717) is 6.42 Å². The summed E-state index contributed by atoms with van der Waals surface area (Å²) in [6, 6.07) is 12.0. The van der Waals surface area contributed by atoms with Crippen LogP contribution in [0.15, 0.2) is 40.9 Å². The highest BCUT2D eigenvalue weighted by molar-refractivity contribution is 9.10. The fourth-order valence-corrected chi connectivity index (χ4v) is 2.16. The number of amides is 1. The number of benzene rings is 2. The minimum atomic E-state index is 0.0241. The summed E-state index contributed by atoms with van der Waals surface area (Å²) in [6.07, 6.45) is 0.485. The molecule has 2 rings (SSSR count). The fourth-order valence-electron chi connectivity index (χ4n) is 1.57. The second kappa shape index (κ2) is 4.66. The number of fused-ring (bicyclic) bond motifs is 1. The summed E-state index contributed by atoms with van der Waals surface area (Å²) in [6.45, 7) is 1.84. The van der Waals surface area contributed by atoms with Crippen LogP contribution in [0, 0.1) is 0 Å². The lowest BCUT2D eigenvalue weighted by atomic mass is 10.1. The van der Waals surface area contributed by atoms with E-state index >= 15 is 0 Å². The van der Waals surface area contributed by atoms with Gasteiger partial charge < -0.3 is 5.32 Å². The largest absolute Gasteiger partial charge is 0.325 e. The predicted molar refractivity (Wildman–Crippen MR) is 70.6 cm³/mol. The zero-order valence-corrected chi connectivity index (χ0v) is 10.5. The maximum atomic E-state index is 11.3. The molecule has 0 unspecified atom stereocenters. The van der Waals surface area contributed by atoms with Gasteiger partial charge in [0.2, 0.25) is 5.91 Å². The maximum absolute atomic E-state index is 11.3. The summed E-state index contributed by atoms with van der Waals surface area (Å²) in [7, 11) is 0. The average molecular weight is 278 g/mol. The van der Waals surface area contributed by atoms with Crippen molar-refractivity contribution in [3.8, 4) is 0 Å². The van der Waals surface area contributed by atoms with Crippen molar-refractivity contribution in [2.45, 2.75) is 13.3 Å². The molecule has 3 heteroatoms. The molecule has 0 spiro atoms. The van der Waals surface area contributed by atoms with Gasteiger partial charge in [-0.05, 0) is 32.8 Å². The Morgan fingerprint density at radius 3 is 2.75 bits per heavy atom. The van der Waals surface area contributed by atoms with Crippen molar-refractivity contribution in [1.82, 2.24) is 0 Å². The van der Waals surface area contributed by atoms with Gasteiger partial charge in [0.1, 0.15) is 0 Å². The van der Waals surface area contributed by atoms with E-state index in [4.69, 9.17) is 0 Å². The van der Waals surface area contributed by atoms with E-state index in [-0.39, 0.29) is 5.91 Å². The number of anilines is 1. The minimum Gasteiger partial charge on any atom is -0.325 e. The quantitative estimate of drug-likeness (QED) is 0.885. The van der Waals surface area contributed by atoms with Crippen LogP contribution in [0.1, 0.15) is 13.3 Å². The number of carbonyl (C=O) groups is 1. The summed E-state index contributed by atoms with van der Waals surface area (Å²) in [4.78, 5) is 11.3. The van der Waals surface area contributed by atoms with Gasteiger partial charge in [0.05, 0.1) is 5.69 Å². The van der Waals surface area contributed by atoms with Crippen LogP contribution in [0.2, 0.25) is 0 Å². The zero-order valence-electron chi connectivity index (χ0n) is 8.96. The zero-order chi connectivity index (χ0) is 11.5. The van der Waals surface area contributed by atoms with Crippen LogP contribution in [0.5, 0.6) is 0 Å². The number of carbonyl (C=O) groups excluding carboxylic acids is 1. The van der Waals surface area contributed by atoms with Crippen molar-refractivity contribution in [2.24, 2.45) is 0 Å². The first-order valence-electron chi connectivity index (χ1n) is 5.19. The van der Waals surface area contributed by atoms with Crippen molar-refractivity contribution < 1.29 is 4.79 Å². The highest BCUT2D eigenvalue weighted by Gasteiger charge is 2.06. The first kappa shape index (κ1) is 11.1. The predicted octanol–water partition coefficient (Wildman–Crippen LogP) is 3.95. The number of hydrogen-bond donors (Lipinski definition) is 1. The third kappa shape index (κ3) is 2.09. The molecule has 2 aromatic carbocycles. The van der Waals surface area contributed by atoms with E-state index in [1.165, 1.54) is 0 Å². The summed E-state index contributed by atoms with van der Waals surface area (Å²) in [5, 5.41) is 5.13. The molecule has 0 aliphatic carbocycles. The van der Waals surface area contributed by atoms with Crippen molar-refractivity contribution in [3.63, 3.8) is 0 Å². The first-order valence-corrected chi connectivity index (χ1v) is 5.98. The van der Waals surface area contributed by atoms with Gasteiger partial charge in [-0.1, -0.05) is 37.3 Å². The Hall–Kier alpha value is -1.35. The Balaban J connectivity index is 2.48. The van der Waals surface area contributed by atoms with Gasteiger partial charge >= 0.3 is 0 Å². The molecule has 0 atom stereocenters. The minimum absolute atomic E-state index is 0.0241. The second-order valence-electron chi connectivity index (χ2n) is 3.55. The molecule has 0 aliphatic heterocycles. The van der Waals surface area contributed by atoms with E-state index < -0.39 is 0 Å². The Kier molecular flexibility index (Phi) is 3.25. The lowest BCUT2D eigenvalue weighted by Crippen LogP contribution is -2.09. The van der Waals surface area contributed by atoms with Crippen LogP contribution in [-0.2, 0) is 4.79 Å². The van der Waals surface area contributed by atoms with E-state index in [0.717, 1.165) is 20.9 Å². The smallest absolute Gasteiger partial charge is 0.224 e. The molecular formula is C13H12BrNO. The first-order chi connectivity index (χ1) is 7.72. The SMILES string of the molecule is CCC(=O)Nc1ccc2ccccc2c1Br. The van der Waals surface area contributed by atoms with Crippen LogP contribution >= 0.6 is 15.9 Å². The molecule has 0 fully saturated rings. The molecule has 0 saturated heterocycles. The van der Waals surface area contributed by atoms with Gasteiger partial charge in [0, 0.05) is 10.9 Å². The van der Waals surface area contributed by atoms with Gasteiger partial charge in [-0.15, -0.1) is 0 Å². The van der Waals surface area contributed by atoms with Crippen LogP contribution in [0.4, 0.5) is 5.69 Å². The molecule has 1 amide bonds. The van der Waals surface area contributed by atoms with Crippen LogP contribution in [-0.4, -0.2) is 5.91 Å². The fraction of sp³-hybridized carbons (Fsp3) is 0.154. The lowest BCUT2D eigenvalue weighted by Gasteiger charge is -2.08. The summed E-state index contributed by atoms with van der Waals surface area (Å²) < 4.78 is 0.937. The molecule has 82 valence electrons. The highest BCUT2D eigenvalue weighted by Crippen LogP contribution is 2.31. The molecule has 0 aliphatic rings. The average Bonchev–Trinajstić information content (AvgIpc) is 2.33. The number of nitrogens with one attached hydrogen (secondary N) is 1. The Bertz CT molecular complexity index is 536. The van der Waals surface area contributed by atoms with E-state index in [2.05, 4.69) is 21.2 Å². The van der Waals surface area contributed by atoms with E-state index in [9.17, 15) is 4.79 Å². The Morgan fingerprint density at radius 2 is 2.00 bits per heavy atom. The molecular weight excluding hydrogens is 266 g/mol. The summed E-state index contributed by atoms with van der Waals surface area (Å²) in [5.74, 6) is 0.0241. The lowest BCUT2D eigenvalue weighted by molar-refractivity contribution is -0.115. The van der Waals surface area contributed by atoms with Crippen molar-refractivity contribution in [1.29, 1.82) is 0 Å². The molecule has 0 aromatic heterocycles. The van der Waals surface area contributed by atoms with Crippen molar-refractivity contribution in [2.75, 3.05) is 5.32 Å². The van der Waals surface area contributed by atoms with Crippen molar-refractivity contribution >= 4 is 38.3 Å². The molecule has 0 heterocycles. The molecule has 0 radical (unpaired) electrons. The number of rotatable bonds is 2. The Morgan fingerprint density at radius 1 is 1.25 bits per heavy atom. The number of halogens is 1. The molecule has 0 bridgehead atoms. The standard InChI is InChI=1S/C13H12BrNO/c1-2-12(16)15-11-8-7-9-5-3-4-6-10(9)13(11)14/h3-8H,2H2,1H3,(H,15,16). The van der Waals surface area contributed by atoms with E-state index in [1.54, 1.807) is 0 Å². The van der Waals surface area contributed by atoms with Gasteiger partial charge in [-0.2, -0.15) is 0 Å². The summed E-state index contributed by atoms with van der Waals surface area (Å²) >= 11 is 3.52. The normalized spacial score (nSPS) is 10.4. The second-order valence-corrected chi connectivity index (χ2v) is 4.34. The van der Waals surface area contributed by atoms with E-state index in [1.807, 2.05) is 43.3 Å². The van der Waals surface area contributed by atoms with Gasteiger partial charge in [0.25, 0.3) is 0 Å². The van der Waals surface area contributed by atoms with Gasteiger partial charge in [0.15, 0.2) is 0 Å². The van der Waals surface area contributed by atoms with Gasteiger partial charge in [-0.3, -0.25) is 4.79 Å². The third-order valence-electron chi connectivity index (χ3n) is 2.46. The molecule has 2 nitrogen and oxygen atoms in total. The number of hydrogen-bond acceptors (Lipinski definition) is 1. The van der Waals surface area contributed by atoms with Crippen LogP contribution in [0.3, 0.4) is 0 Å². The molecule has 1 N–H and O–H groups in total.